The van der Waals surface area contributed by atoms with Crippen molar-refractivity contribution in [2.24, 2.45) is 0 Å². The van der Waals surface area contributed by atoms with Crippen molar-refractivity contribution < 1.29 is 9.72 Å². The molecule has 0 spiro atoms. The Morgan fingerprint density at radius 2 is 1.46 bits per heavy atom. The molecule has 0 saturated carbocycles. The zero-order valence-corrected chi connectivity index (χ0v) is 15.4. The largest absolute Gasteiger partial charge is 0.324 e. The van der Waals surface area contributed by atoms with Gasteiger partial charge in [0.25, 0.3) is 5.69 Å². The molecule has 3 aromatic rings. The summed E-state index contributed by atoms with van der Waals surface area (Å²) in [7, 11) is 0. The third-order valence-electron chi connectivity index (χ3n) is 4.40. The van der Waals surface area contributed by atoms with Crippen LogP contribution in [-0.2, 0) is 4.79 Å². The van der Waals surface area contributed by atoms with Gasteiger partial charge in [0.05, 0.1) is 17.0 Å². The lowest BCUT2D eigenvalue weighted by Crippen LogP contribution is -2.40. The van der Waals surface area contributed by atoms with Crippen molar-refractivity contribution in [1.82, 2.24) is 5.32 Å². The minimum absolute atomic E-state index is 0.0649. The maximum atomic E-state index is 12.6. The summed E-state index contributed by atoms with van der Waals surface area (Å²) < 4.78 is 0. The molecule has 0 aliphatic heterocycles. The zero-order chi connectivity index (χ0) is 19.9. The maximum absolute atomic E-state index is 12.6. The van der Waals surface area contributed by atoms with E-state index in [1.165, 1.54) is 12.1 Å². The van der Waals surface area contributed by atoms with Gasteiger partial charge in [0, 0.05) is 17.8 Å². The molecule has 0 aromatic heterocycles. The van der Waals surface area contributed by atoms with Crippen molar-refractivity contribution in [3.63, 3.8) is 0 Å². The van der Waals surface area contributed by atoms with Crippen molar-refractivity contribution in [3.8, 4) is 0 Å². The first-order chi connectivity index (χ1) is 13.5. The summed E-state index contributed by atoms with van der Waals surface area (Å²) in [5, 5.41) is 17.0. The van der Waals surface area contributed by atoms with Crippen LogP contribution in [0.25, 0.3) is 0 Å². The minimum atomic E-state index is -0.523. The number of amides is 1. The Hall–Kier alpha value is -3.51. The second-order valence-corrected chi connectivity index (χ2v) is 6.44. The Labute approximate surface area is 163 Å². The number of hydrogen-bond donors (Lipinski definition) is 2. The number of nitrogens with one attached hydrogen (secondary N) is 2. The number of benzene rings is 3. The quantitative estimate of drug-likeness (QED) is 0.476. The third-order valence-corrected chi connectivity index (χ3v) is 4.40. The fourth-order valence-corrected chi connectivity index (χ4v) is 2.95. The van der Waals surface area contributed by atoms with Crippen molar-refractivity contribution in [2.45, 2.75) is 19.0 Å². The molecule has 28 heavy (non-hydrogen) atoms. The molecule has 1 atom stereocenters. The average molecular weight is 375 g/mol. The van der Waals surface area contributed by atoms with Crippen molar-refractivity contribution >= 4 is 17.3 Å². The molecule has 0 aliphatic rings. The predicted octanol–water partition coefficient (Wildman–Crippen LogP) is 4.30. The number of non-ortho nitro benzene ring substituents is 1. The van der Waals surface area contributed by atoms with Crippen LogP contribution in [0.3, 0.4) is 0 Å². The fourth-order valence-electron chi connectivity index (χ4n) is 2.95. The van der Waals surface area contributed by atoms with E-state index in [2.05, 4.69) is 10.6 Å². The van der Waals surface area contributed by atoms with E-state index in [-0.39, 0.29) is 17.6 Å². The van der Waals surface area contributed by atoms with Crippen LogP contribution in [0.2, 0.25) is 0 Å². The summed E-state index contributed by atoms with van der Waals surface area (Å²) in [6.45, 7) is 1.77. The first-order valence-electron chi connectivity index (χ1n) is 8.96. The third kappa shape index (κ3) is 4.81. The van der Waals surface area contributed by atoms with Gasteiger partial charge < -0.3 is 5.32 Å². The van der Waals surface area contributed by atoms with Crippen LogP contribution in [0.1, 0.15) is 24.1 Å². The number of nitrogens with zero attached hydrogens (tertiary/aromatic N) is 1. The summed E-state index contributed by atoms with van der Waals surface area (Å²) >= 11 is 0. The highest BCUT2D eigenvalue weighted by molar-refractivity contribution is 5.94. The second-order valence-electron chi connectivity index (χ2n) is 6.44. The highest BCUT2D eigenvalue weighted by Crippen LogP contribution is 2.23. The molecule has 0 heterocycles. The average Bonchev–Trinajstić information content (AvgIpc) is 2.73. The standard InChI is InChI=1S/C22H21N3O3/c1-16(22(26)24-19-13-8-14-20(15-19)25(27)28)23-21(17-9-4-2-5-10-17)18-11-6-3-7-12-18/h2-16,21,23H,1H3,(H,24,26). The van der Waals surface area contributed by atoms with E-state index in [4.69, 9.17) is 0 Å². The molecule has 1 amide bonds. The molecule has 0 fully saturated rings. The lowest BCUT2D eigenvalue weighted by atomic mass is 9.98. The molecule has 0 aliphatic carbocycles. The number of anilines is 1. The van der Waals surface area contributed by atoms with Crippen LogP contribution in [0.5, 0.6) is 0 Å². The number of nitro groups is 1. The molecule has 0 radical (unpaired) electrons. The SMILES string of the molecule is CC(NC(c1ccccc1)c1ccccc1)C(=O)Nc1cccc([N+](=O)[O-])c1. The fraction of sp³-hybridized carbons (Fsp3) is 0.136. The van der Waals surface area contributed by atoms with Crippen LogP contribution < -0.4 is 10.6 Å². The topological polar surface area (TPSA) is 84.3 Å². The van der Waals surface area contributed by atoms with Gasteiger partial charge in [-0.3, -0.25) is 20.2 Å². The van der Waals surface area contributed by atoms with E-state index in [1.54, 1.807) is 19.1 Å². The molecule has 6 nitrogen and oxygen atoms in total. The molecule has 3 rings (SSSR count). The Morgan fingerprint density at radius 1 is 0.893 bits per heavy atom. The number of nitro benzene ring substituents is 1. The van der Waals surface area contributed by atoms with Gasteiger partial charge in [-0.2, -0.15) is 0 Å². The summed E-state index contributed by atoms with van der Waals surface area (Å²) in [5.74, 6) is -0.266. The van der Waals surface area contributed by atoms with E-state index in [0.29, 0.717) is 5.69 Å². The molecule has 0 saturated heterocycles. The Bertz CT molecular complexity index is 906. The molecule has 1 unspecified atom stereocenters. The smallest absolute Gasteiger partial charge is 0.271 e. The van der Waals surface area contributed by atoms with Crippen molar-refractivity contribution in [1.29, 1.82) is 0 Å². The van der Waals surface area contributed by atoms with Crippen molar-refractivity contribution in [3.05, 3.63) is 106 Å². The van der Waals surface area contributed by atoms with E-state index >= 15 is 0 Å². The second kappa shape index (κ2) is 8.92. The Balaban J connectivity index is 1.76. The zero-order valence-electron chi connectivity index (χ0n) is 15.4. The van der Waals surface area contributed by atoms with Crippen LogP contribution >= 0.6 is 0 Å². The van der Waals surface area contributed by atoms with E-state index in [9.17, 15) is 14.9 Å². The van der Waals surface area contributed by atoms with Crippen LogP contribution in [0, 0.1) is 10.1 Å². The Morgan fingerprint density at radius 3 is 2.00 bits per heavy atom. The summed E-state index contributed by atoms with van der Waals surface area (Å²) in [6, 6.07) is 25.0. The van der Waals surface area contributed by atoms with Gasteiger partial charge in [0.2, 0.25) is 5.91 Å². The van der Waals surface area contributed by atoms with Gasteiger partial charge in [-0.15, -0.1) is 0 Å². The van der Waals surface area contributed by atoms with Gasteiger partial charge in [-0.1, -0.05) is 66.7 Å². The lowest BCUT2D eigenvalue weighted by Gasteiger charge is -2.24. The first kappa shape index (κ1) is 19.3. The summed E-state index contributed by atoms with van der Waals surface area (Å²) in [6.07, 6.45) is 0. The number of carbonyl (C=O) groups is 1. The van der Waals surface area contributed by atoms with Gasteiger partial charge in [-0.25, -0.2) is 0 Å². The van der Waals surface area contributed by atoms with Crippen molar-refractivity contribution in [2.75, 3.05) is 5.32 Å². The number of rotatable bonds is 7. The van der Waals surface area contributed by atoms with Crippen LogP contribution in [0.4, 0.5) is 11.4 Å². The van der Waals surface area contributed by atoms with Crippen LogP contribution in [-0.4, -0.2) is 16.9 Å². The summed E-state index contributed by atoms with van der Waals surface area (Å²) in [4.78, 5) is 23.1. The molecule has 6 heteroatoms. The van der Waals surface area contributed by atoms with E-state index in [0.717, 1.165) is 11.1 Å². The Kier molecular flexibility index (Phi) is 6.14. The maximum Gasteiger partial charge on any atom is 0.271 e. The molecule has 3 aromatic carbocycles. The number of carbonyl (C=O) groups excluding carboxylic acids is 1. The highest BCUT2D eigenvalue weighted by atomic mass is 16.6. The lowest BCUT2D eigenvalue weighted by molar-refractivity contribution is -0.384. The van der Waals surface area contributed by atoms with Gasteiger partial charge >= 0.3 is 0 Å². The molecular weight excluding hydrogens is 354 g/mol. The monoisotopic (exact) mass is 375 g/mol. The van der Waals surface area contributed by atoms with Gasteiger partial charge in [-0.05, 0) is 24.1 Å². The predicted molar refractivity (Wildman–Crippen MR) is 109 cm³/mol. The minimum Gasteiger partial charge on any atom is -0.324 e. The van der Waals surface area contributed by atoms with Gasteiger partial charge in [0.15, 0.2) is 0 Å². The summed E-state index contributed by atoms with van der Waals surface area (Å²) in [5.41, 5.74) is 2.42. The van der Waals surface area contributed by atoms with E-state index in [1.807, 2.05) is 60.7 Å². The molecular formula is C22H21N3O3. The first-order valence-corrected chi connectivity index (χ1v) is 8.96. The molecule has 142 valence electrons. The van der Waals surface area contributed by atoms with Crippen LogP contribution in [0.15, 0.2) is 84.9 Å². The normalized spacial score (nSPS) is 11.8. The molecule has 2 N–H and O–H groups in total. The van der Waals surface area contributed by atoms with Gasteiger partial charge in [0.1, 0.15) is 0 Å². The highest BCUT2D eigenvalue weighted by Gasteiger charge is 2.21. The van der Waals surface area contributed by atoms with E-state index < -0.39 is 11.0 Å². The molecule has 0 bridgehead atoms. The number of hydrogen-bond acceptors (Lipinski definition) is 4.